The Balaban J connectivity index is 1.76. The number of carbonyl (C=O) groups excluding carboxylic acids is 2. The van der Waals surface area contributed by atoms with Crippen LogP contribution < -0.4 is 10.0 Å². The van der Waals surface area contributed by atoms with E-state index < -0.39 is 33.8 Å². The van der Waals surface area contributed by atoms with Gasteiger partial charge in [-0.3, -0.25) is 9.59 Å². The van der Waals surface area contributed by atoms with Crippen LogP contribution in [0.15, 0.2) is 24.4 Å². The van der Waals surface area contributed by atoms with E-state index in [4.69, 9.17) is 0 Å². The van der Waals surface area contributed by atoms with Gasteiger partial charge in [0.1, 0.15) is 17.7 Å². The van der Waals surface area contributed by atoms with E-state index >= 15 is 0 Å². The van der Waals surface area contributed by atoms with E-state index in [9.17, 15) is 22.4 Å². The Morgan fingerprint density at radius 3 is 2.62 bits per heavy atom. The third-order valence-electron chi connectivity index (χ3n) is 6.47. The molecule has 2 amide bonds. The van der Waals surface area contributed by atoms with Crippen molar-refractivity contribution in [3.8, 4) is 11.3 Å². The summed E-state index contributed by atoms with van der Waals surface area (Å²) in [5.74, 6) is -1.22. The lowest BCUT2D eigenvalue weighted by Crippen LogP contribution is -2.52. The number of H-pyrrole nitrogens is 1. The van der Waals surface area contributed by atoms with Crippen molar-refractivity contribution in [2.24, 2.45) is 5.92 Å². The van der Waals surface area contributed by atoms with E-state index in [0.717, 1.165) is 24.8 Å². The molecule has 11 heteroatoms. The quantitative estimate of drug-likeness (QED) is 0.430. The molecule has 0 aliphatic carbocycles. The SMILES string of the molecule is Cc1ccc(-c2cnc([C@H](C)NC(=O)[C@H](CC(=O)N3CCCC[C@@H]3C)NS(=O)(=O)CC(C)C)[nH]2)c(F)c1. The number of rotatable bonds is 10. The maximum absolute atomic E-state index is 14.4. The van der Waals surface area contributed by atoms with E-state index in [-0.39, 0.29) is 30.0 Å². The molecule has 1 aliphatic rings. The lowest BCUT2D eigenvalue weighted by molar-refractivity contribution is -0.137. The normalized spacial score (nSPS) is 18.0. The van der Waals surface area contributed by atoms with E-state index in [1.807, 2.05) is 6.92 Å². The van der Waals surface area contributed by atoms with Crippen LogP contribution in [-0.4, -0.2) is 59.5 Å². The zero-order chi connectivity index (χ0) is 27.3. The smallest absolute Gasteiger partial charge is 0.239 e. The third-order valence-corrected chi connectivity index (χ3v) is 8.22. The zero-order valence-electron chi connectivity index (χ0n) is 22.2. The number of nitrogens with zero attached hydrogens (tertiary/aromatic N) is 2. The van der Waals surface area contributed by atoms with Gasteiger partial charge < -0.3 is 15.2 Å². The second-order valence-electron chi connectivity index (χ2n) is 10.4. The fraction of sp³-hybridized carbons (Fsp3) is 0.577. The van der Waals surface area contributed by atoms with Crippen molar-refractivity contribution >= 4 is 21.8 Å². The molecule has 204 valence electrons. The van der Waals surface area contributed by atoms with Crippen molar-refractivity contribution in [1.29, 1.82) is 0 Å². The number of imidazole rings is 1. The van der Waals surface area contributed by atoms with Crippen LogP contribution in [0.2, 0.25) is 0 Å². The Morgan fingerprint density at radius 2 is 1.97 bits per heavy atom. The van der Waals surface area contributed by atoms with Gasteiger partial charge in [-0.2, -0.15) is 0 Å². The van der Waals surface area contributed by atoms with Gasteiger partial charge in [-0.05, 0) is 63.6 Å². The van der Waals surface area contributed by atoms with Crippen LogP contribution in [0.5, 0.6) is 0 Å². The summed E-state index contributed by atoms with van der Waals surface area (Å²) in [5, 5.41) is 2.76. The Kier molecular flexibility index (Phi) is 9.46. The van der Waals surface area contributed by atoms with Crippen molar-refractivity contribution in [1.82, 2.24) is 24.9 Å². The highest BCUT2D eigenvalue weighted by Gasteiger charge is 2.32. The third kappa shape index (κ3) is 7.85. The first-order valence-corrected chi connectivity index (χ1v) is 14.4. The minimum Gasteiger partial charge on any atom is -0.345 e. The highest BCUT2D eigenvalue weighted by molar-refractivity contribution is 7.89. The fourth-order valence-electron chi connectivity index (χ4n) is 4.57. The molecule has 3 N–H and O–H groups in total. The lowest BCUT2D eigenvalue weighted by atomic mass is 10.0. The molecule has 0 spiro atoms. The van der Waals surface area contributed by atoms with Gasteiger partial charge in [-0.15, -0.1) is 0 Å². The number of sulfonamides is 1. The summed E-state index contributed by atoms with van der Waals surface area (Å²) in [6.07, 6.45) is 3.99. The molecule has 3 rings (SSSR count). The predicted molar refractivity (Wildman–Crippen MR) is 140 cm³/mol. The highest BCUT2D eigenvalue weighted by Crippen LogP contribution is 2.23. The molecule has 0 unspecified atom stereocenters. The summed E-state index contributed by atoms with van der Waals surface area (Å²) >= 11 is 0. The van der Waals surface area contributed by atoms with Crippen molar-refractivity contribution in [3.63, 3.8) is 0 Å². The molecule has 1 aromatic heterocycles. The Bertz CT molecular complexity index is 1210. The van der Waals surface area contributed by atoms with Gasteiger partial charge in [-0.25, -0.2) is 22.5 Å². The van der Waals surface area contributed by atoms with Crippen LogP contribution >= 0.6 is 0 Å². The number of aromatic amines is 1. The Hall–Kier alpha value is -2.79. The van der Waals surface area contributed by atoms with Gasteiger partial charge in [0.05, 0.1) is 30.1 Å². The van der Waals surface area contributed by atoms with Gasteiger partial charge in [0.15, 0.2) is 0 Å². The van der Waals surface area contributed by atoms with Gasteiger partial charge >= 0.3 is 0 Å². The van der Waals surface area contributed by atoms with Crippen LogP contribution in [-0.2, 0) is 19.6 Å². The molecule has 2 aromatic rings. The van der Waals surface area contributed by atoms with Gasteiger partial charge in [0.25, 0.3) is 0 Å². The molecule has 37 heavy (non-hydrogen) atoms. The molecule has 1 saturated heterocycles. The van der Waals surface area contributed by atoms with Crippen molar-refractivity contribution in [2.75, 3.05) is 12.3 Å². The number of hydrogen-bond acceptors (Lipinski definition) is 5. The fourth-order valence-corrected chi connectivity index (χ4v) is 6.16. The van der Waals surface area contributed by atoms with Crippen LogP contribution in [0.4, 0.5) is 4.39 Å². The van der Waals surface area contributed by atoms with E-state index in [1.54, 1.807) is 44.7 Å². The van der Waals surface area contributed by atoms with Crippen molar-refractivity contribution in [3.05, 3.63) is 41.6 Å². The first kappa shape index (κ1) is 28.8. The average molecular weight is 536 g/mol. The van der Waals surface area contributed by atoms with Crippen molar-refractivity contribution in [2.45, 2.75) is 78.4 Å². The van der Waals surface area contributed by atoms with E-state index in [0.29, 0.717) is 23.6 Å². The number of halogens is 1. The molecule has 9 nitrogen and oxygen atoms in total. The average Bonchev–Trinajstić information content (AvgIpc) is 3.28. The molecule has 0 bridgehead atoms. The first-order chi connectivity index (χ1) is 17.4. The van der Waals surface area contributed by atoms with Gasteiger partial charge in [-0.1, -0.05) is 19.9 Å². The van der Waals surface area contributed by atoms with Crippen LogP contribution in [0, 0.1) is 18.7 Å². The summed E-state index contributed by atoms with van der Waals surface area (Å²) < 4.78 is 42.2. The van der Waals surface area contributed by atoms with Crippen LogP contribution in [0.25, 0.3) is 11.3 Å². The van der Waals surface area contributed by atoms with Gasteiger partial charge in [0.2, 0.25) is 21.8 Å². The second-order valence-corrected chi connectivity index (χ2v) is 12.2. The summed E-state index contributed by atoms with van der Waals surface area (Å²) in [5.41, 5.74) is 1.60. The summed E-state index contributed by atoms with van der Waals surface area (Å²) in [7, 11) is -3.80. The number of amides is 2. The number of hydrogen-bond donors (Lipinski definition) is 3. The first-order valence-electron chi connectivity index (χ1n) is 12.8. The zero-order valence-corrected chi connectivity index (χ0v) is 23.0. The second kappa shape index (κ2) is 12.2. The molecule has 3 atom stereocenters. The Labute approximate surface area is 218 Å². The monoisotopic (exact) mass is 535 g/mol. The molecule has 1 aliphatic heterocycles. The maximum atomic E-state index is 14.4. The van der Waals surface area contributed by atoms with E-state index in [1.165, 1.54) is 12.3 Å². The molecule has 0 saturated carbocycles. The highest BCUT2D eigenvalue weighted by atomic mass is 32.2. The maximum Gasteiger partial charge on any atom is 0.239 e. The van der Waals surface area contributed by atoms with Crippen LogP contribution in [0.3, 0.4) is 0 Å². The molecule has 2 heterocycles. The number of benzene rings is 1. The number of carbonyl (C=O) groups is 2. The van der Waals surface area contributed by atoms with E-state index in [2.05, 4.69) is 20.0 Å². The molecule has 1 fully saturated rings. The minimum absolute atomic E-state index is 0.0415. The summed E-state index contributed by atoms with van der Waals surface area (Å²) in [4.78, 5) is 35.3. The number of likely N-dealkylation sites (tertiary alicyclic amines) is 1. The number of aryl methyl sites for hydroxylation is 1. The topological polar surface area (TPSA) is 124 Å². The molecular weight excluding hydrogens is 497 g/mol. The number of piperidine rings is 1. The van der Waals surface area contributed by atoms with Crippen molar-refractivity contribution < 1.29 is 22.4 Å². The summed E-state index contributed by atoms with van der Waals surface area (Å²) in [6.45, 7) is 9.56. The van der Waals surface area contributed by atoms with Gasteiger partial charge in [0, 0.05) is 18.2 Å². The lowest BCUT2D eigenvalue weighted by Gasteiger charge is -2.34. The molecule has 1 aromatic carbocycles. The largest absolute Gasteiger partial charge is 0.345 e. The Morgan fingerprint density at radius 1 is 1.24 bits per heavy atom. The number of aromatic nitrogens is 2. The predicted octanol–water partition coefficient (Wildman–Crippen LogP) is 3.44. The molecular formula is C26H38FN5O4S. The molecule has 0 radical (unpaired) electrons. The minimum atomic E-state index is -3.80. The summed E-state index contributed by atoms with van der Waals surface area (Å²) in [6, 6.07) is 3.00. The standard InChI is InChI=1S/C26H38FN5O4S/c1-16(2)15-37(35,36)31-22(13-24(33)32-11-7-6-8-18(32)4)26(34)29-19(5)25-28-14-23(30-25)20-10-9-17(3)12-21(20)27/h9-10,12,14,16,18-19,22,31H,6-8,11,13,15H2,1-5H3,(H,28,30)(H,29,34)/t18-,19-,22-/m0/s1. The number of nitrogens with one attached hydrogen (secondary N) is 3. The van der Waals surface area contributed by atoms with Crippen LogP contribution in [0.1, 0.15) is 70.8 Å².